The Labute approximate surface area is 107 Å². The molecule has 0 aliphatic carbocycles. The minimum atomic E-state index is 0.793. The van der Waals surface area contributed by atoms with Crippen LogP contribution in [-0.4, -0.2) is 16.7 Å². The molecule has 3 rings (SSSR count). The van der Waals surface area contributed by atoms with Crippen molar-refractivity contribution in [1.29, 1.82) is 0 Å². The summed E-state index contributed by atoms with van der Waals surface area (Å²) in [5.74, 6) is 0.793. The molecule has 86 valence electrons. The Kier molecular flexibility index (Phi) is 2.33. The van der Waals surface area contributed by atoms with Crippen molar-refractivity contribution in [1.82, 2.24) is 9.55 Å². The van der Waals surface area contributed by atoms with E-state index >= 15 is 0 Å². The van der Waals surface area contributed by atoms with Crippen molar-refractivity contribution >= 4 is 26.8 Å². The smallest absolute Gasteiger partial charge is 0.159 e. The van der Waals surface area contributed by atoms with Crippen molar-refractivity contribution in [2.45, 2.75) is 0 Å². The minimum absolute atomic E-state index is 0.793. The fraction of sp³-hybridized carbons (Fsp3) is 0.154. The molecule has 0 fully saturated rings. The number of fused-ring (bicyclic) bond motifs is 3. The quantitative estimate of drug-likeness (QED) is 0.686. The third kappa shape index (κ3) is 1.52. The Morgan fingerprint density at radius 3 is 2.88 bits per heavy atom. The number of aryl methyl sites for hydroxylation is 1. The molecule has 4 heteroatoms. The van der Waals surface area contributed by atoms with Crippen LogP contribution in [0.2, 0.25) is 0 Å². The lowest BCUT2D eigenvalue weighted by molar-refractivity contribution is 0.416. The van der Waals surface area contributed by atoms with Gasteiger partial charge in [0.25, 0.3) is 0 Å². The lowest BCUT2D eigenvalue weighted by Crippen LogP contribution is -1.89. The number of ether oxygens (including phenoxy) is 1. The third-order valence-electron chi connectivity index (χ3n) is 2.89. The Bertz CT molecular complexity index is 675. The molecule has 0 N–H and O–H groups in total. The van der Waals surface area contributed by atoms with E-state index in [1.54, 1.807) is 7.11 Å². The maximum Gasteiger partial charge on any atom is 0.159 e. The van der Waals surface area contributed by atoms with Gasteiger partial charge in [0.05, 0.1) is 17.3 Å². The topological polar surface area (TPSA) is 27.1 Å². The van der Waals surface area contributed by atoms with E-state index in [0.29, 0.717) is 0 Å². The largest absolute Gasteiger partial charge is 0.493 e. The highest BCUT2D eigenvalue weighted by atomic mass is 79.9. The SMILES string of the molecule is COc1c(Br)ccc2c3ccn(C)cc-3nc12. The van der Waals surface area contributed by atoms with Gasteiger partial charge in [-0.05, 0) is 28.1 Å². The van der Waals surface area contributed by atoms with Crippen molar-refractivity contribution in [3.63, 3.8) is 0 Å². The van der Waals surface area contributed by atoms with Gasteiger partial charge in [0.15, 0.2) is 5.75 Å². The molecule has 3 nitrogen and oxygen atoms in total. The summed E-state index contributed by atoms with van der Waals surface area (Å²) in [4.78, 5) is 4.63. The van der Waals surface area contributed by atoms with E-state index in [2.05, 4.69) is 33.0 Å². The molecule has 0 radical (unpaired) electrons. The van der Waals surface area contributed by atoms with E-state index in [0.717, 1.165) is 32.4 Å². The van der Waals surface area contributed by atoms with Crippen molar-refractivity contribution in [3.05, 3.63) is 35.1 Å². The Hall–Kier alpha value is -1.55. The molecular weight excluding hydrogens is 280 g/mol. The van der Waals surface area contributed by atoms with E-state index in [1.165, 1.54) is 0 Å². The maximum absolute atomic E-state index is 5.40. The molecule has 0 bridgehead atoms. The fourth-order valence-electron chi connectivity index (χ4n) is 2.09. The molecule has 2 aliphatic rings. The van der Waals surface area contributed by atoms with E-state index in [-0.39, 0.29) is 0 Å². The Morgan fingerprint density at radius 1 is 1.29 bits per heavy atom. The monoisotopic (exact) mass is 290 g/mol. The summed E-state index contributed by atoms with van der Waals surface area (Å²) in [5.41, 5.74) is 3.05. The van der Waals surface area contributed by atoms with Crippen molar-refractivity contribution in [2.24, 2.45) is 7.05 Å². The number of halogens is 1. The van der Waals surface area contributed by atoms with Gasteiger partial charge in [0, 0.05) is 30.4 Å². The number of benzene rings is 1. The summed E-state index contributed by atoms with van der Waals surface area (Å²) >= 11 is 3.48. The van der Waals surface area contributed by atoms with Gasteiger partial charge in [-0.1, -0.05) is 6.07 Å². The molecule has 0 atom stereocenters. The highest BCUT2D eigenvalue weighted by Gasteiger charge is 2.16. The van der Waals surface area contributed by atoms with Crippen LogP contribution in [-0.2, 0) is 7.05 Å². The molecule has 0 aromatic heterocycles. The molecule has 0 saturated heterocycles. The summed E-state index contributed by atoms with van der Waals surface area (Å²) < 4.78 is 8.33. The zero-order valence-corrected chi connectivity index (χ0v) is 11.2. The van der Waals surface area contributed by atoms with Crippen LogP contribution < -0.4 is 4.74 Å². The van der Waals surface area contributed by atoms with Gasteiger partial charge in [-0.15, -0.1) is 0 Å². The first-order valence-electron chi connectivity index (χ1n) is 5.28. The van der Waals surface area contributed by atoms with Gasteiger partial charge in [-0.25, -0.2) is 4.98 Å². The van der Waals surface area contributed by atoms with E-state index in [9.17, 15) is 0 Å². The van der Waals surface area contributed by atoms with Gasteiger partial charge in [-0.3, -0.25) is 0 Å². The van der Waals surface area contributed by atoms with Crippen LogP contribution in [0.25, 0.3) is 22.2 Å². The zero-order valence-electron chi connectivity index (χ0n) is 9.57. The lowest BCUT2D eigenvalue weighted by Gasteiger charge is -2.03. The van der Waals surface area contributed by atoms with Crippen molar-refractivity contribution < 1.29 is 4.74 Å². The number of hydrogen-bond donors (Lipinski definition) is 0. The van der Waals surface area contributed by atoms with Gasteiger partial charge in [0.1, 0.15) is 5.52 Å². The molecule has 0 spiro atoms. The molecule has 0 amide bonds. The average Bonchev–Trinajstić information content (AvgIpc) is 2.66. The third-order valence-corrected chi connectivity index (χ3v) is 3.51. The Morgan fingerprint density at radius 2 is 2.12 bits per heavy atom. The molecule has 0 unspecified atom stereocenters. The molecule has 17 heavy (non-hydrogen) atoms. The number of hydrogen-bond acceptors (Lipinski definition) is 2. The van der Waals surface area contributed by atoms with Crippen molar-refractivity contribution in [3.8, 4) is 17.0 Å². The summed E-state index contributed by atoms with van der Waals surface area (Å²) in [6, 6.07) is 6.14. The fourth-order valence-corrected chi connectivity index (χ4v) is 2.57. The summed E-state index contributed by atoms with van der Waals surface area (Å²) in [6.45, 7) is 0. The Balaban J connectivity index is 2.46. The van der Waals surface area contributed by atoms with Gasteiger partial charge in [0.2, 0.25) is 0 Å². The van der Waals surface area contributed by atoms with Crippen LogP contribution in [0.5, 0.6) is 5.75 Å². The first-order valence-corrected chi connectivity index (χ1v) is 6.08. The van der Waals surface area contributed by atoms with Crippen LogP contribution in [0, 0.1) is 0 Å². The van der Waals surface area contributed by atoms with Crippen LogP contribution >= 0.6 is 15.9 Å². The average molecular weight is 291 g/mol. The van der Waals surface area contributed by atoms with Gasteiger partial charge >= 0.3 is 0 Å². The van der Waals surface area contributed by atoms with Gasteiger partial charge in [-0.2, -0.15) is 0 Å². The first kappa shape index (κ1) is 10.6. The molecule has 1 aromatic rings. The van der Waals surface area contributed by atoms with Crippen LogP contribution in [0.4, 0.5) is 0 Å². The molecule has 2 aliphatic heterocycles. The first-order chi connectivity index (χ1) is 8.20. The standard InChI is InChI=1S/C13H11BrN2O/c1-16-6-5-8-9-3-4-10(14)13(17-2)12(9)15-11(8)7-16/h3-7H,1-2H3. The van der Waals surface area contributed by atoms with Crippen LogP contribution in [0.1, 0.15) is 0 Å². The zero-order chi connectivity index (χ0) is 12.0. The highest BCUT2D eigenvalue weighted by molar-refractivity contribution is 9.10. The van der Waals surface area contributed by atoms with E-state index in [4.69, 9.17) is 4.74 Å². The predicted molar refractivity (Wildman–Crippen MR) is 71.6 cm³/mol. The van der Waals surface area contributed by atoms with Crippen molar-refractivity contribution in [2.75, 3.05) is 7.11 Å². The number of aromatic nitrogens is 2. The van der Waals surface area contributed by atoms with E-state index < -0.39 is 0 Å². The number of methoxy groups -OCH3 is 1. The number of nitrogens with zero attached hydrogens (tertiary/aromatic N) is 2. The minimum Gasteiger partial charge on any atom is -0.493 e. The second kappa shape index (κ2) is 3.74. The lowest BCUT2D eigenvalue weighted by atomic mass is 10.1. The van der Waals surface area contributed by atoms with Crippen LogP contribution in [0.3, 0.4) is 0 Å². The number of rotatable bonds is 1. The second-order valence-corrected chi connectivity index (χ2v) is 4.85. The summed E-state index contributed by atoms with van der Waals surface area (Å²) in [5, 5.41) is 1.13. The summed E-state index contributed by atoms with van der Waals surface area (Å²) in [6.07, 6.45) is 4.04. The number of pyridine rings is 1. The second-order valence-electron chi connectivity index (χ2n) is 4.00. The molecule has 1 aromatic carbocycles. The molecule has 0 saturated carbocycles. The summed E-state index contributed by atoms with van der Waals surface area (Å²) in [7, 11) is 3.66. The molecule has 2 heterocycles. The molecular formula is C13H11BrN2O. The highest BCUT2D eigenvalue weighted by Crippen LogP contribution is 2.39. The van der Waals surface area contributed by atoms with Crippen LogP contribution in [0.15, 0.2) is 35.1 Å². The van der Waals surface area contributed by atoms with Gasteiger partial charge < -0.3 is 9.30 Å². The van der Waals surface area contributed by atoms with E-state index in [1.807, 2.05) is 30.1 Å². The normalized spacial score (nSPS) is 11.2. The maximum atomic E-state index is 5.40. The predicted octanol–water partition coefficient (Wildman–Crippen LogP) is 3.45.